The van der Waals surface area contributed by atoms with Crippen molar-refractivity contribution in [1.82, 2.24) is 9.21 Å². The minimum absolute atomic E-state index is 0.106. The Morgan fingerprint density at radius 1 is 1.23 bits per heavy atom. The molecule has 2 saturated heterocycles. The lowest BCUT2D eigenvalue weighted by atomic mass is 10.0. The van der Waals surface area contributed by atoms with E-state index in [1.54, 1.807) is 4.90 Å². The number of nitrogens with zero attached hydrogens (tertiary/aromatic N) is 2. The molecule has 0 bridgehead atoms. The van der Waals surface area contributed by atoms with Crippen LogP contribution < -0.4 is 0 Å². The van der Waals surface area contributed by atoms with Crippen LogP contribution in [-0.2, 0) is 24.3 Å². The number of carbonyl (C=O) groups excluding carboxylic acids is 1. The highest BCUT2D eigenvalue weighted by molar-refractivity contribution is 7.89. The number of sulfonamides is 1. The van der Waals surface area contributed by atoms with Crippen LogP contribution in [0.25, 0.3) is 0 Å². The Hall–Kier alpha value is -1.19. The normalized spacial score (nSPS) is 22.1. The van der Waals surface area contributed by atoms with Gasteiger partial charge in [0.15, 0.2) is 6.29 Å². The number of likely N-dealkylation sites (N-methyl/N-ethyl adjacent to an activating group) is 1. The highest BCUT2D eigenvalue weighted by Crippen LogP contribution is 2.25. The lowest BCUT2D eigenvalue weighted by molar-refractivity contribution is -0.150. The molecule has 1 aromatic rings. The Kier molecular flexibility index (Phi) is 6.19. The van der Waals surface area contributed by atoms with Crippen LogP contribution in [0, 0.1) is 0 Å². The van der Waals surface area contributed by atoms with Crippen LogP contribution in [0.15, 0.2) is 29.2 Å². The maximum Gasteiger partial charge on any atom is 0.243 e. The smallest absolute Gasteiger partial charge is 0.243 e. The van der Waals surface area contributed by atoms with Gasteiger partial charge in [0.2, 0.25) is 15.9 Å². The van der Waals surface area contributed by atoms with Crippen molar-refractivity contribution >= 4 is 27.5 Å². The largest absolute Gasteiger partial charge is 0.348 e. The molecule has 2 heterocycles. The van der Waals surface area contributed by atoms with E-state index >= 15 is 0 Å². The first-order valence-electron chi connectivity index (χ1n) is 8.64. The molecule has 0 radical (unpaired) electrons. The summed E-state index contributed by atoms with van der Waals surface area (Å²) in [7, 11) is -2.36. The summed E-state index contributed by atoms with van der Waals surface area (Å²) < 4.78 is 37.5. The third-order valence-electron chi connectivity index (χ3n) is 4.71. The van der Waals surface area contributed by atoms with Gasteiger partial charge in [-0.3, -0.25) is 4.79 Å². The molecule has 0 aliphatic carbocycles. The third kappa shape index (κ3) is 4.20. The van der Waals surface area contributed by atoms with Crippen molar-refractivity contribution in [3.63, 3.8) is 0 Å². The fraction of sp³-hybridized carbons (Fsp3) is 0.588. The van der Waals surface area contributed by atoms with Crippen LogP contribution in [0.3, 0.4) is 0 Å². The summed E-state index contributed by atoms with van der Waals surface area (Å²) in [6, 6.07) is 5.73. The van der Waals surface area contributed by atoms with Crippen molar-refractivity contribution in [2.45, 2.75) is 36.5 Å². The van der Waals surface area contributed by atoms with Crippen LogP contribution >= 0.6 is 11.6 Å². The zero-order valence-electron chi connectivity index (χ0n) is 14.6. The lowest BCUT2D eigenvalue weighted by Gasteiger charge is -2.38. The van der Waals surface area contributed by atoms with E-state index in [0.717, 1.165) is 23.6 Å². The Labute approximate surface area is 158 Å². The molecular weight excluding hydrogens is 380 g/mol. The molecule has 1 atom stereocenters. The highest BCUT2D eigenvalue weighted by Gasteiger charge is 2.37. The standard InChI is InChI=1S/C17H23ClN2O5S/c1-19(26(22,23)14-7-5-13(18)6-8-14)12-16(21)20-9-3-2-4-15(20)17-24-10-11-25-17/h5-8,15,17H,2-4,9-12H2,1H3. The van der Waals surface area contributed by atoms with Crippen molar-refractivity contribution in [2.75, 3.05) is 33.4 Å². The first-order valence-corrected chi connectivity index (χ1v) is 10.5. The Bertz CT molecular complexity index is 734. The van der Waals surface area contributed by atoms with Crippen LogP contribution in [0.1, 0.15) is 19.3 Å². The van der Waals surface area contributed by atoms with Crippen LogP contribution in [0.2, 0.25) is 5.02 Å². The molecule has 1 unspecified atom stereocenters. The summed E-state index contributed by atoms with van der Waals surface area (Å²) in [5.74, 6) is -0.242. The fourth-order valence-corrected chi connectivity index (χ4v) is 4.55. The number of ether oxygens (including phenoxy) is 2. The highest BCUT2D eigenvalue weighted by atomic mass is 35.5. The van der Waals surface area contributed by atoms with Crippen LogP contribution in [0.5, 0.6) is 0 Å². The molecular formula is C17H23ClN2O5S. The lowest BCUT2D eigenvalue weighted by Crippen LogP contribution is -2.53. The number of halogens is 1. The van der Waals surface area contributed by atoms with Crippen molar-refractivity contribution < 1.29 is 22.7 Å². The summed E-state index contributed by atoms with van der Waals surface area (Å²) in [6.07, 6.45) is 2.26. The topological polar surface area (TPSA) is 76.2 Å². The number of carbonyl (C=O) groups is 1. The third-order valence-corrected chi connectivity index (χ3v) is 6.78. The molecule has 2 fully saturated rings. The van der Waals surface area contributed by atoms with Gasteiger partial charge in [0.05, 0.1) is 30.7 Å². The summed E-state index contributed by atoms with van der Waals surface area (Å²) in [4.78, 5) is 14.6. The predicted molar refractivity (Wildman–Crippen MR) is 96.3 cm³/mol. The number of likely N-dealkylation sites (tertiary alicyclic amines) is 1. The number of rotatable bonds is 5. The van der Waals surface area contributed by atoms with Gasteiger partial charge in [-0.25, -0.2) is 8.42 Å². The van der Waals surface area contributed by atoms with Gasteiger partial charge >= 0.3 is 0 Å². The van der Waals surface area contributed by atoms with Gasteiger partial charge in [-0.2, -0.15) is 4.31 Å². The van der Waals surface area contributed by atoms with E-state index in [4.69, 9.17) is 21.1 Å². The molecule has 1 amide bonds. The zero-order chi connectivity index (χ0) is 18.7. The number of benzene rings is 1. The predicted octanol–water partition coefficient (Wildman–Crippen LogP) is 1.71. The molecule has 0 spiro atoms. The number of piperidine rings is 1. The zero-order valence-corrected chi connectivity index (χ0v) is 16.2. The molecule has 0 aromatic heterocycles. The SMILES string of the molecule is CN(CC(=O)N1CCCCC1C1OCCO1)S(=O)(=O)c1ccc(Cl)cc1. The Morgan fingerprint density at radius 2 is 1.88 bits per heavy atom. The molecule has 0 N–H and O–H groups in total. The van der Waals surface area contributed by atoms with E-state index in [0.29, 0.717) is 24.8 Å². The van der Waals surface area contributed by atoms with Gasteiger partial charge in [-0.05, 0) is 43.5 Å². The summed E-state index contributed by atoms with van der Waals surface area (Å²) in [5.41, 5.74) is 0. The van der Waals surface area contributed by atoms with Gasteiger partial charge in [-0.15, -0.1) is 0 Å². The minimum Gasteiger partial charge on any atom is -0.348 e. The molecule has 26 heavy (non-hydrogen) atoms. The van der Waals surface area contributed by atoms with Crippen LogP contribution in [0.4, 0.5) is 0 Å². The number of hydrogen-bond donors (Lipinski definition) is 0. The molecule has 144 valence electrons. The Morgan fingerprint density at radius 3 is 2.54 bits per heavy atom. The summed E-state index contributed by atoms with van der Waals surface area (Å²) in [5, 5.41) is 0.454. The molecule has 3 rings (SSSR count). The number of hydrogen-bond acceptors (Lipinski definition) is 5. The molecule has 1 aromatic carbocycles. The van der Waals surface area contributed by atoms with Gasteiger partial charge in [-0.1, -0.05) is 11.6 Å². The van der Waals surface area contributed by atoms with E-state index < -0.39 is 16.3 Å². The van der Waals surface area contributed by atoms with Crippen molar-refractivity contribution in [2.24, 2.45) is 0 Å². The van der Waals surface area contributed by atoms with E-state index in [-0.39, 0.29) is 23.4 Å². The molecule has 9 heteroatoms. The average molecular weight is 403 g/mol. The average Bonchev–Trinajstić information content (AvgIpc) is 3.16. The molecule has 0 saturated carbocycles. The fourth-order valence-electron chi connectivity index (χ4n) is 3.30. The second-order valence-corrected chi connectivity index (χ2v) is 8.96. The monoisotopic (exact) mass is 402 g/mol. The summed E-state index contributed by atoms with van der Waals surface area (Å²) >= 11 is 5.81. The van der Waals surface area contributed by atoms with Gasteiger partial charge in [0.25, 0.3) is 0 Å². The van der Waals surface area contributed by atoms with E-state index in [1.807, 2.05) is 0 Å². The first kappa shape index (κ1) is 19.6. The van der Waals surface area contributed by atoms with Crippen molar-refractivity contribution in [3.8, 4) is 0 Å². The van der Waals surface area contributed by atoms with Crippen molar-refractivity contribution in [1.29, 1.82) is 0 Å². The Balaban J connectivity index is 1.70. The maximum atomic E-state index is 12.8. The quantitative estimate of drug-likeness (QED) is 0.749. The van der Waals surface area contributed by atoms with Gasteiger partial charge < -0.3 is 14.4 Å². The minimum atomic E-state index is -3.76. The maximum absolute atomic E-state index is 12.8. The van der Waals surface area contributed by atoms with E-state index in [9.17, 15) is 13.2 Å². The molecule has 2 aliphatic rings. The van der Waals surface area contributed by atoms with Gasteiger partial charge in [0, 0.05) is 18.6 Å². The van der Waals surface area contributed by atoms with E-state index in [1.165, 1.54) is 31.3 Å². The second kappa shape index (κ2) is 8.22. The van der Waals surface area contributed by atoms with Crippen molar-refractivity contribution in [3.05, 3.63) is 29.3 Å². The molecule has 7 nitrogen and oxygen atoms in total. The van der Waals surface area contributed by atoms with Gasteiger partial charge in [0.1, 0.15) is 0 Å². The van der Waals surface area contributed by atoms with E-state index in [2.05, 4.69) is 0 Å². The van der Waals surface area contributed by atoms with Crippen LogP contribution in [-0.4, -0.2) is 69.2 Å². The first-order chi connectivity index (χ1) is 12.4. The number of amides is 1. The molecule has 2 aliphatic heterocycles. The second-order valence-electron chi connectivity index (χ2n) is 6.48. The summed E-state index contributed by atoms with van der Waals surface area (Å²) in [6.45, 7) is 1.40.